The Balaban J connectivity index is 1.65. The highest BCUT2D eigenvalue weighted by Crippen LogP contribution is 2.67. The summed E-state index contributed by atoms with van der Waals surface area (Å²) in [6.07, 6.45) is 14.2. The van der Waals surface area contributed by atoms with Crippen LogP contribution in [0.25, 0.3) is 0 Å². The molecule has 5 rings (SSSR count). The summed E-state index contributed by atoms with van der Waals surface area (Å²) in [7, 11) is 0. The number of ketones is 1. The molecule has 3 heteroatoms. The van der Waals surface area contributed by atoms with Crippen LogP contribution in [0.1, 0.15) is 75.8 Å². The van der Waals surface area contributed by atoms with Crippen molar-refractivity contribution >= 4 is 5.78 Å². The molecule has 1 aromatic carbocycles. The van der Waals surface area contributed by atoms with Crippen LogP contribution >= 0.6 is 0 Å². The Morgan fingerprint density at radius 3 is 2.79 bits per heavy atom. The van der Waals surface area contributed by atoms with Gasteiger partial charge in [0.2, 0.25) is 0 Å². The lowest BCUT2D eigenvalue weighted by Gasteiger charge is -2.54. The van der Waals surface area contributed by atoms with Crippen LogP contribution in [0.3, 0.4) is 0 Å². The number of fused-ring (bicyclic) bond motifs is 4. The van der Waals surface area contributed by atoms with Crippen LogP contribution in [0.15, 0.2) is 65.8 Å². The molecular weight excluding hydrogens is 420 g/mol. The molecule has 5 atom stereocenters. The summed E-state index contributed by atoms with van der Waals surface area (Å²) in [4.78, 5) is 12.2. The Hall–Kier alpha value is -2.39. The van der Waals surface area contributed by atoms with Crippen LogP contribution in [0.5, 0.6) is 5.75 Å². The monoisotopic (exact) mass is 458 g/mol. The van der Waals surface area contributed by atoms with Gasteiger partial charge in [0.25, 0.3) is 0 Å². The largest absolute Gasteiger partial charge is 0.489 e. The van der Waals surface area contributed by atoms with Gasteiger partial charge in [0.1, 0.15) is 12.4 Å². The van der Waals surface area contributed by atoms with E-state index in [0.717, 1.165) is 49.8 Å². The Morgan fingerprint density at radius 1 is 1.24 bits per heavy atom. The van der Waals surface area contributed by atoms with E-state index in [1.165, 1.54) is 16.7 Å². The van der Waals surface area contributed by atoms with Gasteiger partial charge in [0.15, 0.2) is 5.78 Å². The molecule has 0 radical (unpaired) electrons. The van der Waals surface area contributed by atoms with Crippen molar-refractivity contribution in [2.75, 3.05) is 6.61 Å². The number of aryl methyl sites for hydroxylation is 1. The van der Waals surface area contributed by atoms with Gasteiger partial charge in [0, 0.05) is 17.8 Å². The minimum atomic E-state index is -0.762. The molecule has 0 aliphatic heterocycles. The number of hydrogen-bond donors (Lipinski definition) is 1. The number of carbonyl (C=O) groups is 1. The van der Waals surface area contributed by atoms with Crippen molar-refractivity contribution in [1.29, 1.82) is 0 Å². The molecular formula is C31H38O3. The minimum absolute atomic E-state index is 0.170. The lowest BCUT2D eigenvalue weighted by molar-refractivity contribution is -0.114. The average molecular weight is 459 g/mol. The molecule has 4 aliphatic rings. The van der Waals surface area contributed by atoms with Crippen molar-refractivity contribution in [3.05, 3.63) is 76.9 Å². The number of ether oxygens (including phenoxy) is 1. The summed E-state index contributed by atoms with van der Waals surface area (Å²) in [5.74, 6) is 2.37. The minimum Gasteiger partial charge on any atom is -0.489 e. The summed E-state index contributed by atoms with van der Waals surface area (Å²) >= 11 is 0. The van der Waals surface area contributed by atoms with Crippen LogP contribution in [-0.4, -0.2) is 23.1 Å². The van der Waals surface area contributed by atoms with Gasteiger partial charge in [0.05, 0.1) is 5.60 Å². The number of benzene rings is 1. The van der Waals surface area contributed by atoms with Crippen molar-refractivity contribution < 1.29 is 14.6 Å². The zero-order valence-corrected chi connectivity index (χ0v) is 20.9. The predicted octanol–water partition coefficient (Wildman–Crippen LogP) is 6.77. The maximum atomic E-state index is 12.2. The molecule has 1 N–H and O–H groups in total. The second kappa shape index (κ2) is 8.68. The second-order valence-electron chi connectivity index (χ2n) is 11.1. The first-order valence-electron chi connectivity index (χ1n) is 13.0. The molecule has 0 saturated heterocycles. The Kier molecular flexibility index (Phi) is 5.96. The third-order valence-electron chi connectivity index (χ3n) is 9.35. The van der Waals surface area contributed by atoms with E-state index in [0.29, 0.717) is 24.9 Å². The quantitative estimate of drug-likeness (QED) is 0.496. The molecule has 2 saturated carbocycles. The summed E-state index contributed by atoms with van der Waals surface area (Å²) in [5.41, 5.74) is 5.81. The van der Waals surface area contributed by atoms with Crippen molar-refractivity contribution in [2.24, 2.45) is 17.3 Å². The molecule has 0 unspecified atom stereocenters. The van der Waals surface area contributed by atoms with Gasteiger partial charge in [-0.2, -0.15) is 0 Å². The molecule has 1 aromatic rings. The summed E-state index contributed by atoms with van der Waals surface area (Å²) in [6, 6.07) is 6.60. The number of rotatable bonds is 5. The maximum Gasteiger partial charge on any atom is 0.156 e. The zero-order chi connectivity index (χ0) is 24.1. The molecule has 0 spiro atoms. The van der Waals surface area contributed by atoms with E-state index in [4.69, 9.17) is 4.74 Å². The number of allylic oxidation sites excluding steroid dienone is 5. The fourth-order valence-electron chi connectivity index (χ4n) is 7.75. The Morgan fingerprint density at radius 2 is 2.06 bits per heavy atom. The van der Waals surface area contributed by atoms with E-state index in [9.17, 15) is 9.90 Å². The van der Waals surface area contributed by atoms with E-state index in [1.54, 1.807) is 11.6 Å². The highest BCUT2D eigenvalue weighted by Gasteiger charge is 2.61. The van der Waals surface area contributed by atoms with E-state index in [1.807, 2.05) is 19.1 Å². The van der Waals surface area contributed by atoms with Crippen LogP contribution in [0.4, 0.5) is 0 Å². The third kappa shape index (κ3) is 3.55. The van der Waals surface area contributed by atoms with Crippen LogP contribution in [0, 0.1) is 24.2 Å². The molecule has 0 amide bonds. The standard InChI is InChI=1S/C31H38O3/c1-5-14-31(33)15-13-27-25-10-7-22-18-23(32)9-11-24(22)29(25)26(19-30(27,31)4)21-8-12-28(20(3)17-21)34-16-6-2/h5-6,8,12,14,17-18,25-27,33H,2,7,9-11,13,15-16,19H2,1,3-4H3/t25-,26+,27-,30-,31-/m0/s1. The van der Waals surface area contributed by atoms with E-state index < -0.39 is 5.60 Å². The maximum absolute atomic E-state index is 12.2. The third-order valence-corrected chi connectivity index (χ3v) is 9.35. The van der Waals surface area contributed by atoms with Gasteiger partial charge in [-0.25, -0.2) is 0 Å². The lowest BCUT2D eigenvalue weighted by Crippen LogP contribution is -2.50. The molecule has 180 valence electrons. The zero-order valence-electron chi connectivity index (χ0n) is 20.9. The van der Waals surface area contributed by atoms with E-state index in [2.05, 4.69) is 44.7 Å². The molecule has 3 nitrogen and oxygen atoms in total. The highest BCUT2D eigenvalue weighted by molar-refractivity contribution is 5.93. The normalized spacial score (nSPS) is 35.0. The molecule has 4 aliphatic carbocycles. The van der Waals surface area contributed by atoms with Gasteiger partial charge in [-0.3, -0.25) is 4.79 Å². The van der Waals surface area contributed by atoms with Crippen molar-refractivity contribution in [3.8, 4) is 5.75 Å². The average Bonchev–Trinajstić information content (AvgIpc) is 3.07. The fourth-order valence-corrected chi connectivity index (χ4v) is 7.75. The van der Waals surface area contributed by atoms with Crippen molar-refractivity contribution in [2.45, 2.75) is 77.2 Å². The molecule has 34 heavy (non-hydrogen) atoms. The lowest BCUT2D eigenvalue weighted by atomic mass is 9.51. The molecule has 0 heterocycles. The summed E-state index contributed by atoms with van der Waals surface area (Å²) in [5, 5.41) is 11.9. The fraction of sp³-hybridized carbons (Fsp3) is 0.516. The Bertz CT molecular complexity index is 1110. The first kappa shape index (κ1) is 23.4. The van der Waals surface area contributed by atoms with Gasteiger partial charge in [-0.15, -0.1) is 0 Å². The summed E-state index contributed by atoms with van der Waals surface area (Å²) in [6.45, 7) is 10.7. The number of hydrogen-bond acceptors (Lipinski definition) is 3. The Labute approximate surface area is 204 Å². The first-order valence-corrected chi connectivity index (χ1v) is 13.0. The van der Waals surface area contributed by atoms with Gasteiger partial charge in [-0.05, 0) is 98.6 Å². The highest BCUT2D eigenvalue weighted by atomic mass is 16.5. The SMILES string of the molecule is C=CCOc1ccc([C@H]2C[C@@]3(C)[C@@H](CC[C@@]3(O)C=CC)[C@@H]3CCC4=CC(=O)CCC4=C32)cc1C. The van der Waals surface area contributed by atoms with Gasteiger partial charge in [-0.1, -0.05) is 49.4 Å². The summed E-state index contributed by atoms with van der Waals surface area (Å²) < 4.78 is 5.86. The van der Waals surface area contributed by atoms with Crippen LogP contribution in [0.2, 0.25) is 0 Å². The van der Waals surface area contributed by atoms with Crippen LogP contribution in [-0.2, 0) is 4.79 Å². The smallest absolute Gasteiger partial charge is 0.156 e. The number of carbonyl (C=O) groups excluding carboxylic acids is 1. The van der Waals surface area contributed by atoms with Gasteiger partial charge >= 0.3 is 0 Å². The molecule has 0 aromatic heterocycles. The molecule has 2 fully saturated rings. The van der Waals surface area contributed by atoms with Crippen LogP contribution < -0.4 is 4.74 Å². The van der Waals surface area contributed by atoms with Crippen molar-refractivity contribution in [1.82, 2.24) is 0 Å². The predicted molar refractivity (Wildman–Crippen MR) is 137 cm³/mol. The van der Waals surface area contributed by atoms with Gasteiger partial charge < -0.3 is 9.84 Å². The van der Waals surface area contributed by atoms with E-state index in [-0.39, 0.29) is 17.1 Å². The topological polar surface area (TPSA) is 46.5 Å². The first-order chi connectivity index (χ1) is 16.3. The molecule has 0 bridgehead atoms. The van der Waals surface area contributed by atoms with E-state index >= 15 is 0 Å². The number of aliphatic hydroxyl groups is 1. The second-order valence-corrected chi connectivity index (χ2v) is 11.1. The van der Waals surface area contributed by atoms with Crippen molar-refractivity contribution in [3.63, 3.8) is 0 Å².